The molecule has 136 valence electrons. The molecule has 8 heteroatoms. The molecule has 4 rings (SSSR count). The van der Waals surface area contributed by atoms with Gasteiger partial charge in [-0.1, -0.05) is 17.7 Å². The van der Waals surface area contributed by atoms with E-state index in [1.54, 1.807) is 18.0 Å². The predicted molar refractivity (Wildman–Crippen MR) is 102 cm³/mol. The smallest absolute Gasteiger partial charge is 0.151 e. The van der Waals surface area contributed by atoms with Crippen molar-refractivity contribution in [3.63, 3.8) is 0 Å². The van der Waals surface area contributed by atoms with Gasteiger partial charge in [-0.2, -0.15) is 0 Å². The van der Waals surface area contributed by atoms with Gasteiger partial charge in [0, 0.05) is 28.5 Å². The van der Waals surface area contributed by atoms with Gasteiger partial charge in [0.2, 0.25) is 0 Å². The predicted octanol–water partition coefficient (Wildman–Crippen LogP) is 1.38. The number of aryl methyl sites for hydroxylation is 1. The Balaban J connectivity index is 1.52. The summed E-state index contributed by atoms with van der Waals surface area (Å²) in [4.78, 5) is 12.4. The molecule has 4 unspecified atom stereocenters. The Morgan fingerprint density at radius 1 is 1.15 bits per heavy atom. The second-order valence-corrected chi connectivity index (χ2v) is 7.68. The molecule has 0 saturated carbocycles. The molecule has 7 nitrogen and oxygen atoms in total. The topological polar surface area (TPSA) is 120 Å². The molecule has 1 aliphatic rings. The Morgan fingerprint density at radius 3 is 2.69 bits per heavy atom. The van der Waals surface area contributed by atoms with E-state index in [0.29, 0.717) is 22.6 Å². The molecule has 1 fully saturated rings. The maximum absolute atomic E-state index is 10.6. The Labute approximate surface area is 155 Å². The van der Waals surface area contributed by atoms with Crippen LogP contribution in [0, 0.1) is 6.92 Å². The lowest BCUT2D eigenvalue weighted by Crippen LogP contribution is -2.35. The summed E-state index contributed by atoms with van der Waals surface area (Å²) in [5, 5.41) is 24.4. The van der Waals surface area contributed by atoms with E-state index in [-0.39, 0.29) is 6.04 Å². The first-order valence-corrected chi connectivity index (χ1v) is 9.42. The van der Waals surface area contributed by atoms with Crippen LogP contribution < -0.4 is 11.1 Å². The molecule has 0 bridgehead atoms. The van der Waals surface area contributed by atoms with Gasteiger partial charge in [-0.3, -0.25) is 0 Å². The van der Waals surface area contributed by atoms with Gasteiger partial charge in [0.05, 0.1) is 17.7 Å². The zero-order chi connectivity index (χ0) is 18.3. The number of hydrogen-bond acceptors (Lipinski definition) is 7. The molecule has 0 spiro atoms. The lowest BCUT2D eigenvalue weighted by molar-refractivity contribution is 0.0308. The summed E-state index contributed by atoms with van der Waals surface area (Å²) >= 11 is 1.65. The largest absolute Gasteiger partial charge is 0.389 e. The highest BCUT2D eigenvalue weighted by Gasteiger charge is 2.42. The maximum Gasteiger partial charge on any atom is 0.151 e. The number of aromatic amines is 1. The standard InChI is InChI=1S/C18H21N5O2S/c1-9-2-4-10(5-3-9)26-7-12-16(24)17(25)14(23-12)11-6-20-15-13(11)21-8-22-18(15)19/h2-6,8,12,14,16-17,20,23-25H,7H2,1H3,(H2,19,21,22). The van der Waals surface area contributed by atoms with Crippen LogP contribution >= 0.6 is 11.8 Å². The van der Waals surface area contributed by atoms with Crippen molar-refractivity contribution in [2.24, 2.45) is 0 Å². The molecular weight excluding hydrogens is 350 g/mol. The van der Waals surface area contributed by atoms with Crippen molar-refractivity contribution in [1.82, 2.24) is 20.3 Å². The molecular formula is C18H21N5O2S. The second kappa shape index (κ2) is 6.88. The number of H-pyrrole nitrogens is 1. The lowest BCUT2D eigenvalue weighted by Gasteiger charge is -2.15. The van der Waals surface area contributed by atoms with Gasteiger partial charge in [0.25, 0.3) is 0 Å². The molecule has 0 radical (unpaired) electrons. The molecule has 3 aromatic rings. The molecule has 6 N–H and O–H groups in total. The monoisotopic (exact) mass is 371 g/mol. The summed E-state index contributed by atoms with van der Waals surface area (Å²) in [6, 6.07) is 7.61. The third kappa shape index (κ3) is 3.05. The first kappa shape index (κ1) is 17.3. The molecule has 3 heterocycles. The highest BCUT2D eigenvalue weighted by atomic mass is 32.2. The zero-order valence-corrected chi connectivity index (χ0v) is 15.1. The number of fused-ring (bicyclic) bond motifs is 1. The number of thioether (sulfide) groups is 1. The zero-order valence-electron chi connectivity index (χ0n) is 14.3. The highest BCUT2D eigenvalue weighted by molar-refractivity contribution is 7.99. The van der Waals surface area contributed by atoms with Gasteiger partial charge in [0.15, 0.2) is 5.82 Å². The number of aliphatic hydroxyl groups is 2. The van der Waals surface area contributed by atoms with E-state index < -0.39 is 18.2 Å². The molecule has 0 amide bonds. The normalized spacial score (nSPS) is 25.8. The van der Waals surface area contributed by atoms with Crippen molar-refractivity contribution < 1.29 is 10.2 Å². The Kier molecular flexibility index (Phi) is 4.58. The van der Waals surface area contributed by atoms with Gasteiger partial charge in [0.1, 0.15) is 17.9 Å². The van der Waals surface area contributed by atoms with Crippen LogP contribution in [-0.4, -0.2) is 49.2 Å². The van der Waals surface area contributed by atoms with E-state index in [1.165, 1.54) is 11.9 Å². The van der Waals surface area contributed by atoms with Gasteiger partial charge in [-0.05, 0) is 19.1 Å². The summed E-state index contributed by atoms with van der Waals surface area (Å²) in [6.07, 6.45) is 1.38. The first-order chi connectivity index (χ1) is 12.5. The third-order valence-corrected chi connectivity index (χ3v) is 5.94. The van der Waals surface area contributed by atoms with E-state index in [1.807, 2.05) is 0 Å². The molecule has 1 aliphatic heterocycles. The minimum Gasteiger partial charge on any atom is -0.389 e. The number of anilines is 1. The van der Waals surface area contributed by atoms with Crippen molar-refractivity contribution in [3.8, 4) is 0 Å². The fourth-order valence-electron chi connectivity index (χ4n) is 3.32. The number of aliphatic hydroxyl groups excluding tert-OH is 2. The number of nitrogens with one attached hydrogen (secondary N) is 2. The Bertz CT molecular complexity index is 914. The van der Waals surface area contributed by atoms with Crippen LogP contribution in [0.1, 0.15) is 17.2 Å². The second-order valence-electron chi connectivity index (χ2n) is 6.58. The van der Waals surface area contributed by atoms with Crippen molar-refractivity contribution in [1.29, 1.82) is 0 Å². The molecule has 0 aliphatic carbocycles. The van der Waals surface area contributed by atoms with Crippen molar-refractivity contribution in [2.75, 3.05) is 11.5 Å². The number of nitrogen functional groups attached to an aromatic ring is 1. The number of benzene rings is 1. The average Bonchev–Trinajstić information content (AvgIpc) is 3.18. The number of rotatable bonds is 4. The summed E-state index contributed by atoms with van der Waals surface area (Å²) in [6.45, 7) is 2.05. The van der Waals surface area contributed by atoms with Gasteiger partial charge < -0.3 is 26.2 Å². The number of aromatic nitrogens is 3. The van der Waals surface area contributed by atoms with Crippen molar-refractivity contribution >= 4 is 28.6 Å². The van der Waals surface area contributed by atoms with E-state index in [9.17, 15) is 10.2 Å². The van der Waals surface area contributed by atoms with Crippen molar-refractivity contribution in [2.45, 2.75) is 36.1 Å². The number of nitrogens with zero attached hydrogens (tertiary/aromatic N) is 2. The van der Waals surface area contributed by atoms with Crippen LogP contribution in [0.25, 0.3) is 11.0 Å². The highest BCUT2D eigenvalue weighted by Crippen LogP contribution is 2.34. The summed E-state index contributed by atoms with van der Waals surface area (Å²) in [5.41, 5.74) is 9.16. The molecule has 1 saturated heterocycles. The lowest BCUT2D eigenvalue weighted by atomic mass is 10.0. The van der Waals surface area contributed by atoms with Gasteiger partial charge in [-0.25, -0.2) is 9.97 Å². The van der Waals surface area contributed by atoms with Crippen LogP contribution in [0.3, 0.4) is 0 Å². The Hall–Kier alpha value is -2.13. The first-order valence-electron chi connectivity index (χ1n) is 8.43. The summed E-state index contributed by atoms with van der Waals surface area (Å²) < 4.78 is 0. The minimum absolute atomic E-state index is 0.231. The number of nitrogens with two attached hydrogens (primary N) is 1. The SMILES string of the molecule is Cc1ccc(SCC2NC(c3c[nH]c4c(N)ncnc34)C(O)C2O)cc1. The average molecular weight is 371 g/mol. The van der Waals surface area contributed by atoms with Crippen LogP contribution in [0.15, 0.2) is 41.7 Å². The van der Waals surface area contributed by atoms with E-state index in [2.05, 4.69) is 51.5 Å². The van der Waals surface area contributed by atoms with Crippen LogP contribution in [0.4, 0.5) is 5.82 Å². The summed E-state index contributed by atoms with van der Waals surface area (Å²) in [7, 11) is 0. The fraction of sp³-hybridized carbons (Fsp3) is 0.333. The van der Waals surface area contributed by atoms with Crippen molar-refractivity contribution in [3.05, 3.63) is 47.9 Å². The molecule has 26 heavy (non-hydrogen) atoms. The minimum atomic E-state index is -0.922. The van der Waals surface area contributed by atoms with Gasteiger partial charge in [-0.15, -0.1) is 11.8 Å². The molecule has 2 aromatic heterocycles. The van der Waals surface area contributed by atoms with E-state index in [0.717, 1.165) is 10.5 Å². The Morgan fingerprint density at radius 2 is 1.92 bits per heavy atom. The van der Waals surface area contributed by atoms with Crippen LogP contribution in [0.2, 0.25) is 0 Å². The quantitative estimate of drug-likeness (QED) is 0.439. The molecule has 4 atom stereocenters. The van der Waals surface area contributed by atoms with Gasteiger partial charge >= 0.3 is 0 Å². The molecule has 1 aromatic carbocycles. The number of hydrogen-bond donors (Lipinski definition) is 5. The summed E-state index contributed by atoms with van der Waals surface area (Å²) in [5.74, 6) is 1.01. The fourth-order valence-corrected chi connectivity index (χ4v) is 4.31. The third-order valence-electron chi connectivity index (χ3n) is 4.80. The maximum atomic E-state index is 10.6. The van der Waals surface area contributed by atoms with Crippen LogP contribution in [0.5, 0.6) is 0 Å². The van der Waals surface area contributed by atoms with Crippen LogP contribution in [-0.2, 0) is 0 Å². The van der Waals surface area contributed by atoms with E-state index >= 15 is 0 Å². The van der Waals surface area contributed by atoms with E-state index in [4.69, 9.17) is 5.73 Å².